The summed E-state index contributed by atoms with van der Waals surface area (Å²) in [7, 11) is 1.18. The highest BCUT2D eigenvalue weighted by Gasteiger charge is 2.01. The third-order valence-electron chi connectivity index (χ3n) is 1.79. The number of ether oxygens (including phenoxy) is 4. The molecule has 9 heteroatoms. The van der Waals surface area contributed by atoms with Crippen molar-refractivity contribution in [1.29, 1.82) is 0 Å². The van der Waals surface area contributed by atoms with Gasteiger partial charge in [-0.25, -0.2) is 9.59 Å². The first-order chi connectivity index (χ1) is 10.5. The quantitative estimate of drug-likeness (QED) is 0.193. The van der Waals surface area contributed by atoms with E-state index in [4.69, 9.17) is 29.5 Å². The first kappa shape index (κ1) is 22.8. The van der Waals surface area contributed by atoms with Crippen molar-refractivity contribution in [1.82, 2.24) is 0 Å². The maximum absolute atomic E-state index is 10.1. The Kier molecular flexibility index (Phi) is 18.1. The van der Waals surface area contributed by atoms with Crippen molar-refractivity contribution < 1.29 is 43.9 Å². The molecule has 0 bridgehead atoms. The fraction of sp³-hybridized carbons (Fsp3) is 0.692. The van der Waals surface area contributed by atoms with Crippen molar-refractivity contribution in [3.8, 4) is 0 Å². The van der Waals surface area contributed by atoms with Crippen LogP contribution in [0.3, 0.4) is 0 Å². The standard InChI is InChI=1S/C8H18O5.C5H6O4/c1-2-13-8(10)7-12-6-5-11-4-3-9;1-9-5(8)3-2-4(6)7/h8-10H,2-7H2,1H3;2-3H,1H3,(H,6,7)/b;3-2-. The number of esters is 1. The van der Waals surface area contributed by atoms with E-state index in [0.29, 0.717) is 32.5 Å². The summed E-state index contributed by atoms with van der Waals surface area (Å²) in [6, 6.07) is 0. The maximum atomic E-state index is 10.1. The molecule has 0 aromatic rings. The number of rotatable bonds is 11. The Morgan fingerprint density at radius 1 is 1.14 bits per heavy atom. The van der Waals surface area contributed by atoms with Crippen LogP contribution in [-0.2, 0) is 28.5 Å². The van der Waals surface area contributed by atoms with Crippen molar-refractivity contribution in [2.75, 3.05) is 46.8 Å². The summed E-state index contributed by atoms with van der Waals surface area (Å²) in [5, 5.41) is 25.3. The molecule has 0 rings (SSSR count). The summed E-state index contributed by atoms with van der Waals surface area (Å²) in [6.07, 6.45) is 0.691. The molecule has 0 amide bonds. The Bertz CT molecular complexity index is 304. The average Bonchev–Trinajstić information content (AvgIpc) is 2.49. The minimum absolute atomic E-state index is 0.0154. The average molecular weight is 324 g/mol. The first-order valence-electron chi connectivity index (χ1n) is 6.52. The van der Waals surface area contributed by atoms with Crippen LogP contribution < -0.4 is 0 Å². The van der Waals surface area contributed by atoms with E-state index in [1.165, 1.54) is 7.11 Å². The number of hydrogen-bond acceptors (Lipinski definition) is 8. The predicted octanol–water partition coefficient (Wildman–Crippen LogP) is -0.833. The highest BCUT2D eigenvalue weighted by atomic mass is 16.6. The zero-order valence-corrected chi connectivity index (χ0v) is 12.8. The largest absolute Gasteiger partial charge is 0.478 e. The summed E-state index contributed by atoms with van der Waals surface area (Å²) in [5.41, 5.74) is 0. The van der Waals surface area contributed by atoms with E-state index in [9.17, 15) is 9.59 Å². The summed E-state index contributed by atoms with van der Waals surface area (Å²) in [5.74, 6) is -1.84. The van der Waals surface area contributed by atoms with Gasteiger partial charge in [-0.15, -0.1) is 0 Å². The van der Waals surface area contributed by atoms with Crippen molar-refractivity contribution in [3.63, 3.8) is 0 Å². The van der Waals surface area contributed by atoms with Crippen molar-refractivity contribution >= 4 is 11.9 Å². The van der Waals surface area contributed by atoms with E-state index in [1.807, 2.05) is 0 Å². The van der Waals surface area contributed by atoms with Crippen LogP contribution in [0, 0.1) is 0 Å². The SMILES string of the molecule is CCOC(O)COCCOCCO.COC(=O)/C=C\C(=O)O. The lowest BCUT2D eigenvalue weighted by atomic mass is 10.5. The number of carboxylic acids is 1. The van der Waals surface area contributed by atoms with Crippen LogP contribution in [0.5, 0.6) is 0 Å². The zero-order valence-electron chi connectivity index (χ0n) is 12.8. The van der Waals surface area contributed by atoms with E-state index in [0.717, 1.165) is 6.08 Å². The molecule has 1 unspecified atom stereocenters. The molecule has 130 valence electrons. The van der Waals surface area contributed by atoms with Gasteiger partial charge in [0.05, 0.1) is 40.1 Å². The maximum Gasteiger partial charge on any atom is 0.330 e. The number of methoxy groups -OCH3 is 1. The second-order valence-corrected chi connectivity index (χ2v) is 3.52. The van der Waals surface area contributed by atoms with Crippen LogP contribution in [0.4, 0.5) is 0 Å². The monoisotopic (exact) mass is 324 g/mol. The van der Waals surface area contributed by atoms with E-state index in [-0.39, 0.29) is 13.2 Å². The third-order valence-corrected chi connectivity index (χ3v) is 1.79. The van der Waals surface area contributed by atoms with Crippen LogP contribution in [0.2, 0.25) is 0 Å². The molecule has 1 atom stereocenters. The smallest absolute Gasteiger partial charge is 0.330 e. The Morgan fingerprint density at radius 3 is 2.27 bits per heavy atom. The van der Waals surface area contributed by atoms with Crippen molar-refractivity contribution in [2.45, 2.75) is 13.2 Å². The van der Waals surface area contributed by atoms with Gasteiger partial charge >= 0.3 is 11.9 Å². The van der Waals surface area contributed by atoms with Gasteiger partial charge in [-0.1, -0.05) is 0 Å². The lowest BCUT2D eigenvalue weighted by Crippen LogP contribution is -2.20. The zero-order chi connectivity index (χ0) is 17.2. The number of carboxylic acid groups (broad SMARTS) is 1. The van der Waals surface area contributed by atoms with E-state index >= 15 is 0 Å². The molecule has 0 aliphatic rings. The molecule has 0 fully saturated rings. The fourth-order valence-electron chi connectivity index (χ4n) is 0.916. The molecule has 0 saturated carbocycles. The van der Waals surface area contributed by atoms with Crippen LogP contribution in [0.15, 0.2) is 12.2 Å². The van der Waals surface area contributed by atoms with Crippen molar-refractivity contribution in [3.05, 3.63) is 12.2 Å². The Balaban J connectivity index is 0. The fourth-order valence-corrected chi connectivity index (χ4v) is 0.916. The normalized spacial score (nSPS) is 11.6. The Morgan fingerprint density at radius 2 is 1.77 bits per heavy atom. The van der Waals surface area contributed by atoms with Crippen LogP contribution in [0.1, 0.15) is 6.92 Å². The minimum atomic E-state index is -1.17. The summed E-state index contributed by atoms with van der Waals surface area (Å²) in [4.78, 5) is 19.9. The topological polar surface area (TPSA) is 132 Å². The van der Waals surface area contributed by atoms with Gasteiger partial charge in [0, 0.05) is 18.8 Å². The van der Waals surface area contributed by atoms with Gasteiger partial charge in [-0.3, -0.25) is 0 Å². The Hall–Kier alpha value is -1.52. The number of aliphatic hydroxyl groups is 2. The molecule has 9 nitrogen and oxygen atoms in total. The minimum Gasteiger partial charge on any atom is -0.478 e. The molecular formula is C13H24O9. The molecule has 0 aromatic heterocycles. The Labute approximate surface area is 129 Å². The highest BCUT2D eigenvalue weighted by molar-refractivity contribution is 5.90. The van der Waals surface area contributed by atoms with E-state index < -0.39 is 18.2 Å². The lowest BCUT2D eigenvalue weighted by Gasteiger charge is -2.10. The van der Waals surface area contributed by atoms with E-state index in [2.05, 4.69) is 4.74 Å². The van der Waals surface area contributed by atoms with E-state index in [1.54, 1.807) is 6.92 Å². The highest BCUT2D eigenvalue weighted by Crippen LogP contribution is 1.88. The molecule has 0 radical (unpaired) electrons. The van der Waals surface area contributed by atoms with Gasteiger partial charge in [0.15, 0.2) is 6.29 Å². The molecule has 0 saturated heterocycles. The van der Waals surface area contributed by atoms with Gasteiger partial charge in [0.25, 0.3) is 0 Å². The summed E-state index contributed by atoms with van der Waals surface area (Å²) in [6.45, 7) is 3.55. The first-order valence-corrected chi connectivity index (χ1v) is 6.52. The predicted molar refractivity (Wildman–Crippen MR) is 75.1 cm³/mol. The number of carbonyl (C=O) groups excluding carboxylic acids is 1. The van der Waals surface area contributed by atoms with Gasteiger partial charge in [-0.05, 0) is 6.92 Å². The van der Waals surface area contributed by atoms with Gasteiger partial charge < -0.3 is 34.3 Å². The second kappa shape index (κ2) is 17.5. The van der Waals surface area contributed by atoms with Gasteiger partial charge in [-0.2, -0.15) is 0 Å². The molecule has 0 spiro atoms. The summed E-state index contributed by atoms with van der Waals surface area (Å²) >= 11 is 0. The van der Waals surface area contributed by atoms with Gasteiger partial charge in [0.1, 0.15) is 0 Å². The van der Waals surface area contributed by atoms with Crippen LogP contribution >= 0.6 is 0 Å². The number of aliphatic carboxylic acids is 1. The number of aliphatic hydroxyl groups excluding tert-OH is 2. The van der Waals surface area contributed by atoms with Crippen molar-refractivity contribution in [2.24, 2.45) is 0 Å². The molecule has 0 aliphatic carbocycles. The summed E-state index contributed by atoms with van der Waals surface area (Å²) < 4.78 is 18.9. The van der Waals surface area contributed by atoms with Crippen LogP contribution in [-0.4, -0.2) is 80.3 Å². The lowest BCUT2D eigenvalue weighted by molar-refractivity contribution is -0.137. The van der Waals surface area contributed by atoms with Gasteiger partial charge in [0.2, 0.25) is 0 Å². The number of carbonyl (C=O) groups is 2. The second-order valence-electron chi connectivity index (χ2n) is 3.52. The molecule has 3 N–H and O–H groups in total. The molecule has 0 heterocycles. The molecular weight excluding hydrogens is 300 g/mol. The van der Waals surface area contributed by atoms with Crippen LogP contribution in [0.25, 0.3) is 0 Å². The molecule has 0 aliphatic heterocycles. The third kappa shape index (κ3) is 20.8. The molecule has 22 heavy (non-hydrogen) atoms. The number of hydrogen-bond donors (Lipinski definition) is 3. The molecule has 0 aromatic carbocycles.